The Morgan fingerprint density at radius 3 is 2.77 bits per heavy atom. The third kappa shape index (κ3) is 5.62. The number of benzene rings is 2. The van der Waals surface area contributed by atoms with Gasteiger partial charge in [-0.15, -0.1) is 11.3 Å². The van der Waals surface area contributed by atoms with Crippen LogP contribution in [-0.4, -0.2) is 71.5 Å². The van der Waals surface area contributed by atoms with Gasteiger partial charge in [-0.1, -0.05) is 18.2 Å². The molecule has 2 fully saturated rings. The zero-order valence-electron chi connectivity index (χ0n) is 24.3. The van der Waals surface area contributed by atoms with Crippen molar-refractivity contribution in [2.75, 3.05) is 37.7 Å². The number of rotatable bonds is 8. The number of carbonyl (C=O) groups excluding carboxylic acids is 2. The number of ether oxygens (including phenoxy) is 1. The first-order valence-electron chi connectivity index (χ1n) is 14.5. The number of carbonyl (C=O) groups is 3. The Bertz CT molecular complexity index is 1670. The van der Waals surface area contributed by atoms with Crippen LogP contribution < -0.4 is 10.2 Å². The molecule has 0 bridgehead atoms. The maximum absolute atomic E-state index is 14.7. The van der Waals surface area contributed by atoms with Gasteiger partial charge in [0.15, 0.2) is 10.8 Å². The van der Waals surface area contributed by atoms with Crippen molar-refractivity contribution in [3.05, 3.63) is 92.8 Å². The van der Waals surface area contributed by atoms with E-state index in [-0.39, 0.29) is 35.7 Å². The Morgan fingerprint density at radius 1 is 1.20 bits per heavy atom. The number of fused-ring (bicyclic) bond motifs is 1. The van der Waals surface area contributed by atoms with Crippen LogP contribution in [0.5, 0.6) is 0 Å². The number of carboxylic acid groups (broad SMARTS) is 1. The first-order valence-corrected chi connectivity index (χ1v) is 15.4. The Hall–Kier alpha value is -4.42. The minimum atomic E-state index is -1.04. The van der Waals surface area contributed by atoms with E-state index in [1.165, 1.54) is 29.5 Å². The summed E-state index contributed by atoms with van der Waals surface area (Å²) in [5.74, 6) is -1.61. The van der Waals surface area contributed by atoms with Gasteiger partial charge in [0.2, 0.25) is 5.91 Å². The Kier molecular flexibility index (Phi) is 8.28. The molecule has 1 aromatic heterocycles. The third-order valence-electron chi connectivity index (χ3n) is 8.47. The highest BCUT2D eigenvalue weighted by molar-refractivity contribution is 7.11. The zero-order chi connectivity index (χ0) is 31.0. The van der Waals surface area contributed by atoms with E-state index in [1.54, 1.807) is 49.2 Å². The maximum Gasteiger partial charge on any atom is 0.338 e. The van der Waals surface area contributed by atoms with Crippen molar-refractivity contribution < 1.29 is 28.6 Å². The number of piperidine rings is 1. The Morgan fingerprint density at radius 2 is 2.02 bits per heavy atom. The number of hydrogen-bond acceptors (Lipinski definition) is 9. The Labute approximate surface area is 257 Å². The molecule has 0 spiro atoms. The molecule has 44 heavy (non-hydrogen) atoms. The van der Waals surface area contributed by atoms with E-state index < -0.39 is 18.0 Å². The SMILES string of the molecule is CCOC(=O)C1=C(CN2CC[C@H]3C(=O)N(c4cccc(C(=O)O)c4)C[C@H]3C2)NC(c2nccs2)=N[C@H]1c1cccc(F)c1C. The molecule has 10 nitrogen and oxygen atoms in total. The second kappa shape index (κ2) is 12.3. The summed E-state index contributed by atoms with van der Waals surface area (Å²) in [5, 5.41) is 15.3. The Balaban J connectivity index is 1.31. The number of halogens is 1. The predicted molar refractivity (Wildman–Crippen MR) is 163 cm³/mol. The van der Waals surface area contributed by atoms with Crippen LogP contribution in [-0.2, 0) is 14.3 Å². The average Bonchev–Trinajstić information content (AvgIpc) is 3.67. The fourth-order valence-corrected chi connectivity index (χ4v) is 6.90. The summed E-state index contributed by atoms with van der Waals surface area (Å²) < 4.78 is 20.2. The van der Waals surface area contributed by atoms with E-state index in [0.29, 0.717) is 71.5 Å². The van der Waals surface area contributed by atoms with Crippen LogP contribution >= 0.6 is 11.3 Å². The number of carboxylic acids is 1. The lowest BCUT2D eigenvalue weighted by Crippen LogP contribution is -2.45. The smallest absolute Gasteiger partial charge is 0.338 e. The number of likely N-dealkylation sites (tertiary alicyclic amines) is 1. The molecule has 12 heteroatoms. The van der Waals surface area contributed by atoms with Gasteiger partial charge in [-0.25, -0.2) is 19.0 Å². The fraction of sp³-hybridized carbons (Fsp3) is 0.344. The van der Waals surface area contributed by atoms with Crippen LogP contribution in [0.2, 0.25) is 0 Å². The summed E-state index contributed by atoms with van der Waals surface area (Å²) >= 11 is 1.41. The predicted octanol–water partition coefficient (Wildman–Crippen LogP) is 4.18. The van der Waals surface area contributed by atoms with Gasteiger partial charge in [0.25, 0.3) is 0 Å². The number of nitrogens with one attached hydrogen (secondary N) is 1. The third-order valence-corrected chi connectivity index (χ3v) is 9.25. The van der Waals surface area contributed by atoms with E-state index in [4.69, 9.17) is 9.73 Å². The highest BCUT2D eigenvalue weighted by Crippen LogP contribution is 2.38. The molecule has 6 rings (SSSR count). The number of aromatic nitrogens is 1. The van der Waals surface area contributed by atoms with Crippen LogP contribution in [0.15, 0.2) is 70.3 Å². The van der Waals surface area contributed by atoms with Crippen LogP contribution in [0.25, 0.3) is 0 Å². The topological polar surface area (TPSA) is 124 Å². The molecule has 2 aromatic carbocycles. The minimum Gasteiger partial charge on any atom is -0.478 e. The quantitative estimate of drug-likeness (QED) is 0.361. The van der Waals surface area contributed by atoms with Gasteiger partial charge < -0.3 is 20.1 Å². The number of esters is 1. The first-order chi connectivity index (χ1) is 21.2. The second-order valence-corrected chi connectivity index (χ2v) is 12.0. The van der Waals surface area contributed by atoms with Gasteiger partial charge in [0.1, 0.15) is 11.9 Å². The van der Waals surface area contributed by atoms with Gasteiger partial charge in [-0.2, -0.15) is 0 Å². The molecule has 0 saturated carbocycles. The van der Waals surface area contributed by atoms with Crippen molar-refractivity contribution in [2.45, 2.75) is 26.3 Å². The van der Waals surface area contributed by atoms with Crippen LogP contribution in [0.3, 0.4) is 0 Å². The molecular weight excluding hydrogens is 585 g/mol. The average molecular weight is 618 g/mol. The minimum absolute atomic E-state index is 0.000703. The van der Waals surface area contributed by atoms with E-state index in [0.717, 1.165) is 0 Å². The number of anilines is 1. The molecule has 1 amide bonds. The molecule has 3 aliphatic heterocycles. The normalized spacial score (nSPS) is 22.0. The lowest BCUT2D eigenvalue weighted by Gasteiger charge is -2.36. The largest absolute Gasteiger partial charge is 0.478 e. The van der Waals surface area contributed by atoms with E-state index in [2.05, 4.69) is 15.2 Å². The maximum atomic E-state index is 14.7. The molecular formula is C32H32FN5O5S. The highest BCUT2D eigenvalue weighted by atomic mass is 32.1. The van der Waals surface area contributed by atoms with Gasteiger partial charge in [0.05, 0.1) is 17.7 Å². The van der Waals surface area contributed by atoms with E-state index >= 15 is 0 Å². The molecule has 228 valence electrons. The summed E-state index contributed by atoms with van der Waals surface area (Å²) in [6.45, 7) is 5.62. The van der Waals surface area contributed by atoms with Crippen LogP contribution in [0.4, 0.5) is 10.1 Å². The molecule has 2 saturated heterocycles. The van der Waals surface area contributed by atoms with E-state index in [9.17, 15) is 23.9 Å². The summed E-state index contributed by atoms with van der Waals surface area (Å²) in [4.78, 5) is 51.6. The van der Waals surface area contributed by atoms with E-state index in [1.807, 2.05) is 5.38 Å². The molecule has 0 radical (unpaired) electrons. The number of amidine groups is 1. The molecule has 3 aromatic rings. The monoisotopic (exact) mass is 617 g/mol. The van der Waals surface area contributed by atoms with Crippen LogP contribution in [0.1, 0.15) is 45.9 Å². The number of nitrogens with zero attached hydrogens (tertiary/aromatic N) is 4. The zero-order valence-corrected chi connectivity index (χ0v) is 25.1. The van der Waals surface area contributed by atoms with Gasteiger partial charge in [0, 0.05) is 54.4 Å². The molecule has 0 aliphatic carbocycles. The van der Waals surface area contributed by atoms with Gasteiger partial charge in [-0.05, 0) is 62.2 Å². The summed E-state index contributed by atoms with van der Waals surface area (Å²) in [6, 6.07) is 10.4. The lowest BCUT2D eigenvalue weighted by atomic mass is 9.87. The van der Waals surface area contributed by atoms with Gasteiger partial charge in [-0.3, -0.25) is 14.7 Å². The number of hydrogen-bond donors (Lipinski definition) is 2. The standard InChI is InChI=1S/C32H32FN5O5S/c1-3-43-32(42)26-25(35-28(29-34-11-13-44-29)36-27(26)22-8-5-9-24(33)18(22)2)17-37-12-10-23-20(15-37)16-38(30(23)39)21-7-4-6-19(14-21)31(40)41/h4-9,11,13-14,20,23,27H,3,10,12,15-17H2,1-2H3,(H,35,36)(H,40,41)/t20-,23-,27+/m1/s1. The number of thiazole rings is 1. The van der Waals surface area contributed by atoms with Crippen molar-refractivity contribution in [3.8, 4) is 0 Å². The summed E-state index contributed by atoms with van der Waals surface area (Å²) in [7, 11) is 0. The lowest BCUT2D eigenvalue weighted by molar-refractivity contribution is -0.139. The van der Waals surface area contributed by atoms with Crippen molar-refractivity contribution in [1.29, 1.82) is 0 Å². The molecule has 3 atom stereocenters. The molecule has 2 N–H and O–H groups in total. The van der Waals surface area contributed by atoms with Crippen molar-refractivity contribution in [2.24, 2.45) is 16.8 Å². The fourth-order valence-electron chi connectivity index (χ4n) is 6.31. The number of amides is 1. The summed E-state index contributed by atoms with van der Waals surface area (Å²) in [6.07, 6.45) is 2.30. The number of aliphatic imine (C=N–C) groups is 1. The molecule has 0 unspecified atom stereocenters. The molecule has 4 heterocycles. The van der Waals surface area contributed by atoms with Gasteiger partial charge >= 0.3 is 11.9 Å². The van der Waals surface area contributed by atoms with Crippen molar-refractivity contribution in [3.63, 3.8) is 0 Å². The second-order valence-electron chi connectivity index (χ2n) is 11.1. The molecule has 3 aliphatic rings. The highest BCUT2D eigenvalue weighted by Gasteiger charge is 2.44. The summed E-state index contributed by atoms with van der Waals surface area (Å²) in [5.41, 5.74) is 2.60. The van der Waals surface area contributed by atoms with Crippen molar-refractivity contribution in [1.82, 2.24) is 15.2 Å². The van der Waals surface area contributed by atoms with Crippen molar-refractivity contribution >= 4 is 40.7 Å². The number of aromatic carboxylic acids is 1. The first kappa shape index (κ1) is 29.6. The van der Waals surface area contributed by atoms with Crippen LogP contribution in [0, 0.1) is 24.6 Å².